The highest BCUT2D eigenvalue weighted by Crippen LogP contribution is 2.38. The number of rotatable bonds is 3. The van der Waals surface area contributed by atoms with Crippen LogP contribution in [0.5, 0.6) is 0 Å². The van der Waals surface area contributed by atoms with Crippen molar-refractivity contribution in [2.45, 2.75) is 12.8 Å². The minimum absolute atomic E-state index is 0.0261. The van der Waals surface area contributed by atoms with E-state index in [-0.39, 0.29) is 28.2 Å². The van der Waals surface area contributed by atoms with Gasteiger partial charge in [0.2, 0.25) is 0 Å². The number of piperidine rings is 1. The normalized spacial score (nSPS) is 16.0. The summed E-state index contributed by atoms with van der Waals surface area (Å²) in [5.74, 6) is -4.66. The molecule has 4 rings (SSSR count). The van der Waals surface area contributed by atoms with Gasteiger partial charge in [0, 0.05) is 31.4 Å². The summed E-state index contributed by atoms with van der Waals surface area (Å²) in [6.45, 7) is -0.465. The van der Waals surface area contributed by atoms with Crippen LogP contribution in [0.3, 0.4) is 0 Å². The fourth-order valence-corrected chi connectivity index (χ4v) is 4.23. The SMILES string of the molecule is Nc1nc(-n2ccc(=O)c3cc(F)c(N4CCCC(=C(F)CO)C4)c(Cl)c32)c(F)cc1F. The Morgan fingerprint density at radius 2 is 1.97 bits per heavy atom. The maximum absolute atomic E-state index is 15.1. The Morgan fingerprint density at radius 1 is 1.22 bits per heavy atom. The lowest BCUT2D eigenvalue weighted by Crippen LogP contribution is -2.33. The van der Waals surface area contributed by atoms with E-state index < -0.39 is 46.9 Å². The molecule has 3 N–H and O–H groups in total. The molecule has 6 nitrogen and oxygen atoms in total. The topological polar surface area (TPSA) is 84.4 Å². The second-order valence-electron chi connectivity index (χ2n) is 7.32. The molecule has 0 unspecified atom stereocenters. The molecule has 0 aliphatic carbocycles. The summed E-state index contributed by atoms with van der Waals surface area (Å²) in [5.41, 5.74) is 5.02. The van der Waals surface area contributed by atoms with Crippen molar-refractivity contribution in [1.29, 1.82) is 0 Å². The first-order chi connectivity index (χ1) is 15.2. The highest BCUT2D eigenvalue weighted by molar-refractivity contribution is 6.38. The molecule has 1 aromatic carbocycles. The zero-order valence-corrected chi connectivity index (χ0v) is 17.3. The summed E-state index contributed by atoms with van der Waals surface area (Å²) >= 11 is 6.54. The molecule has 1 fully saturated rings. The summed E-state index contributed by atoms with van der Waals surface area (Å²) in [6, 6.07) is 2.57. The van der Waals surface area contributed by atoms with E-state index in [9.17, 15) is 18.0 Å². The molecule has 2 aromatic heterocycles. The van der Waals surface area contributed by atoms with E-state index in [4.69, 9.17) is 22.4 Å². The van der Waals surface area contributed by atoms with Gasteiger partial charge < -0.3 is 15.7 Å². The van der Waals surface area contributed by atoms with Gasteiger partial charge in [-0.05, 0) is 24.5 Å². The zero-order valence-electron chi connectivity index (χ0n) is 16.5. The molecule has 168 valence electrons. The average molecular weight is 469 g/mol. The van der Waals surface area contributed by atoms with Crippen LogP contribution in [0, 0.1) is 17.5 Å². The van der Waals surface area contributed by atoms with Crippen molar-refractivity contribution in [3.05, 3.63) is 68.5 Å². The highest BCUT2D eigenvalue weighted by Gasteiger charge is 2.26. The number of anilines is 2. The quantitative estimate of drug-likeness (QED) is 0.570. The van der Waals surface area contributed by atoms with E-state index in [1.165, 1.54) is 11.1 Å². The molecule has 0 saturated carbocycles. The van der Waals surface area contributed by atoms with Gasteiger partial charge >= 0.3 is 0 Å². The monoisotopic (exact) mass is 468 g/mol. The number of nitrogens with two attached hydrogens (primary N) is 1. The lowest BCUT2D eigenvalue weighted by molar-refractivity contribution is 0.293. The van der Waals surface area contributed by atoms with Gasteiger partial charge in [0.05, 0.1) is 28.2 Å². The highest BCUT2D eigenvalue weighted by atomic mass is 35.5. The maximum Gasteiger partial charge on any atom is 0.189 e. The van der Waals surface area contributed by atoms with Crippen molar-refractivity contribution in [1.82, 2.24) is 9.55 Å². The van der Waals surface area contributed by atoms with E-state index >= 15 is 4.39 Å². The molecule has 1 saturated heterocycles. The average Bonchev–Trinajstić information content (AvgIpc) is 2.77. The van der Waals surface area contributed by atoms with Crippen LogP contribution in [0.4, 0.5) is 29.1 Å². The van der Waals surface area contributed by atoms with Gasteiger partial charge in [0.15, 0.2) is 28.7 Å². The second kappa shape index (κ2) is 8.44. The van der Waals surface area contributed by atoms with Gasteiger partial charge in [0.1, 0.15) is 11.6 Å². The first kappa shape index (κ1) is 22.1. The van der Waals surface area contributed by atoms with Crippen LogP contribution in [0.25, 0.3) is 16.7 Å². The Labute approximate surface area is 184 Å². The summed E-state index contributed by atoms with van der Waals surface area (Å²) in [6.07, 6.45) is 2.04. The smallest absolute Gasteiger partial charge is 0.189 e. The van der Waals surface area contributed by atoms with E-state index in [1.807, 2.05) is 0 Å². The van der Waals surface area contributed by atoms with E-state index in [1.54, 1.807) is 0 Å². The van der Waals surface area contributed by atoms with Gasteiger partial charge in [-0.25, -0.2) is 22.5 Å². The fraction of sp³-hybridized carbons (Fsp3) is 0.238. The number of aliphatic hydroxyl groups excluding tert-OH is 1. The minimum Gasteiger partial charge on any atom is -0.389 e. The zero-order chi connectivity index (χ0) is 23.2. The molecule has 0 bridgehead atoms. The molecule has 32 heavy (non-hydrogen) atoms. The van der Waals surface area contributed by atoms with Gasteiger partial charge in [-0.2, -0.15) is 0 Å². The molecule has 3 heterocycles. The Balaban J connectivity index is 1.98. The number of halogens is 5. The molecule has 11 heteroatoms. The minimum atomic E-state index is -1.07. The summed E-state index contributed by atoms with van der Waals surface area (Å²) in [4.78, 5) is 17.6. The number of pyridine rings is 2. The number of hydrogen-bond donors (Lipinski definition) is 2. The number of benzene rings is 1. The molecule has 0 radical (unpaired) electrons. The van der Waals surface area contributed by atoms with Gasteiger partial charge in [-0.1, -0.05) is 11.6 Å². The molecule has 0 spiro atoms. The van der Waals surface area contributed by atoms with Crippen LogP contribution in [-0.2, 0) is 0 Å². The van der Waals surface area contributed by atoms with Gasteiger partial charge in [0.25, 0.3) is 0 Å². The third kappa shape index (κ3) is 3.69. The summed E-state index contributed by atoms with van der Waals surface area (Å²) < 4.78 is 58.3. The molecule has 0 atom stereocenters. The van der Waals surface area contributed by atoms with Crippen molar-refractivity contribution < 1.29 is 22.7 Å². The molecule has 1 aliphatic heterocycles. The van der Waals surface area contributed by atoms with Crippen LogP contribution in [0.2, 0.25) is 5.02 Å². The Morgan fingerprint density at radius 3 is 2.69 bits per heavy atom. The van der Waals surface area contributed by atoms with Crippen LogP contribution in [0.1, 0.15) is 12.8 Å². The Bertz CT molecular complexity index is 1330. The number of hydrogen-bond acceptors (Lipinski definition) is 5. The van der Waals surface area contributed by atoms with Crippen LogP contribution >= 0.6 is 11.6 Å². The third-order valence-electron chi connectivity index (χ3n) is 5.34. The summed E-state index contributed by atoms with van der Waals surface area (Å²) in [5, 5.41) is 8.70. The third-order valence-corrected chi connectivity index (χ3v) is 5.70. The number of fused-ring (bicyclic) bond motifs is 1. The van der Waals surface area contributed by atoms with E-state index in [2.05, 4.69) is 4.98 Å². The molecular formula is C21H17ClF4N4O2. The van der Waals surface area contributed by atoms with E-state index in [0.717, 1.165) is 16.7 Å². The van der Waals surface area contributed by atoms with Crippen molar-refractivity contribution in [2.24, 2.45) is 0 Å². The van der Waals surface area contributed by atoms with E-state index in [0.29, 0.717) is 31.0 Å². The van der Waals surface area contributed by atoms with Gasteiger partial charge in [-0.3, -0.25) is 9.36 Å². The van der Waals surface area contributed by atoms with Crippen LogP contribution in [-0.4, -0.2) is 34.4 Å². The van der Waals surface area contributed by atoms with Crippen molar-refractivity contribution in [3.8, 4) is 5.82 Å². The van der Waals surface area contributed by atoms with Crippen molar-refractivity contribution in [3.63, 3.8) is 0 Å². The largest absolute Gasteiger partial charge is 0.389 e. The lowest BCUT2D eigenvalue weighted by atomic mass is 10.0. The molecule has 1 aliphatic rings. The Hall–Kier alpha value is -3.11. The van der Waals surface area contributed by atoms with Crippen molar-refractivity contribution in [2.75, 3.05) is 30.3 Å². The molecule has 0 amide bonds. The number of aromatic nitrogens is 2. The number of nitrogen functional groups attached to an aromatic ring is 1. The first-order valence-electron chi connectivity index (χ1n) is 9.60. The summed E-state index contributed by atoms with van der Waals surface area (Å²) in [7, 11) is 0. The predicted molar refractivity (Wildman–Crippen MR) is 113 cm³/mol. The molecule has 3 aromatic rings. The first-order valence-corrected chi connectivity index (χ1v) is 9.98. The van der Waals surface area contributed by atoms with Crippen molar-refractivity contribution >= 4 is 34.0 Å². The lowest BCUT2D eigenvalue weighted by Gasteiger charge is -2.32. The molecular weight excluding hydrogens is 452 g/mol. The standard InChI is InChI=1S/C21H17ClF4N4O2/c22-17-18-11(6-12(23)19(17)29-4-1-2-10(8-29)15(26)9-31)16(32)3-5-30(18)21-14(25)7-13(24)20(27)28-21/h3,5-7,31H,1-2,4,8-9H2,(H2,27,28). The maximum atomic E-state index is 15.1. The second-order valence-corrected chi connectivity index (χ2v) is 7.70. The number of nitrogens with zero attached hydrogens (tertiary/aromatic N) is 3. The fourth-order valence-electron chi connectivity index (χ4n) is 3.83. The van der Waals surface area contributed by atoms with Crippen LogP contribution < -0.4 is 16.1 Å². The Kier molecular flexibility index (Phi) is 5.83. The predicted octanol–water partition coefficient (Wildman–Crippen LogP) is 3.85. The van der Waals surface area contributed by atoms with Crippen LogP contribution in [0.15, 0.2) is 40.6 Å². The number of aliphatic hydroxyl groups is 1. The van der Waals surface area contributed by atoms with Gasteiger partial charge in [-0.15, -0.1) is 0 Å².